The Morgan fingerprint density at radius 1 is 1.28 bits per heavy atom. The predicted octanol–water partition coefficient (Wildman–Crippen LogP) is 3.77. The summed E-state index contributed by atoms with van der Waals surface area (Å²) in [6, 6.07) is 9.50. The minimum atomic E-state index is -0.112. The second kappa shape index (κ2) is 8.94. The van der Waals surface area contributed by atoms with Crippen LogP contribution < -0.4 is 10.2 Å². The summed E-state index contributed by atoms with van der Waals surface area (Å²) in [5, 5.41) is 9.53. The Hall–Kier alpha value is -2.42. The molecule has 7 nitrogen and oxygen atoms in total. The highest BCUT2D eigenvalue weighted by atomic mass is 35.5. The van der Waals surface area contributed by atoms with Crippen LogP contribution in [-0.2, 0) is 11.2 Å². The van der Waals surface area contributed by atoms with E-state index in [1.165, 1.54) is 0 Å². The average Bonchev–Trinajstić information content (AvgIpc) is 3.39. The first-order chi connectivity index (χ1) is 14.1. The van der Waals surface area contributed by atoms with Crippen molar-refractivity contribution in [2.75, 3.05) is 43.4 Å². The van der Waals surface area contributed by atoms with E-state index >= 15 is 0 Å². The summed E-state index contributed by atoms with van der Waals surface area (Å²) in [6.45, 7) is 3.79. The molecular weight excluding hydrogens is 410 g/mol. The molecular formula is C20H22ClN5O2S. The van der Waals surface area contributed by atoms with Crippen molar-refractivity contribution >= 4 is 40.2 Å². The van der Waals surface area contributed by atoms with E-state index in [4.69, 9.17) is 16.1 Å². The Balaban J connectivity index is 1.39. The molecule has 0 unspecified atom stereocenters. The van der Waals surface area contributed by atoms with Crippen LogP contribution in [0.4, 0.5) is 11.4 Å². The van der Waals surface area contributed by atoms with Crippen LogP contribution in [0.3, 0.4) is 0 Å². The number of halogens is 1. The smallest absolute Gasteiger partial charge is 0.227 e. The fraction of sp³-hybridized carbons (Fsp3) is 0.350. The van der Waals surface area contributed by atoms with Crippen LogP contribution in [0, 0.1) is 0 Å². The molecule has 1 saturated heterocycles. The number of aromatic nitrogens is 2. The highest BCUT2D eigenvalue weighted by Crippen LogP contribution is 2.30. The zero-order valence-corrected chi connectivity index (χ0v) is 17.7. The lowest BCUT2D eigenvalue weighted by Crippen LogP contribution is -2.44. The van der Waals surface area contributed by atoms with Crippen LogP contribution in [0.2, 0.25) is 5.02 Å². The molecule has 0 radical (unpaired) electrons. The number of aryl methyl sites for hydroxylation is 1. The second-order valence-corrected chi connectivity index (χ2v) is 8.37. The van der Waals surface area contributed by atoms with E-state index in [9.17, 15) is 4.79 Å². The first-order valence-corrected chi connectivity index (χ1v) is 10.7. The van der Waals surface area contributed by atoms with Crippen molar-refractivity contribution in [2.24, 2.45) is 0 Å². The van der Waals surface area contributed by atoms with Gasteiger partial charge in [-0.3, -0.25) is 4.79 Å². The Kier molecular flexibility index (Phi) is 6.13. The van der Waals surface area contributed by atoms with Crippen LogP contribution in [0.1, 0.15) is 12.3 Å². The minimum Gasteiger partial charge on any atom is -0.367 e. The van der Waals surface area contributed by atoms with Crippen molar-refractivity contribution < 1.29 is 9.32 Å². The standard InChI is InChI=1S/C20H22ClN5O2S/c1-25-8-10-26(11-9-25)16-5-4-14(21)13-15(16)22-18(27)6-7-19-23-20(24-28-19)17-3-2-12-29-17/h2-5,12-13H,6-11H2,1H3,(H,22,27). The molecule has 2 aromatic heterocycles. The molecule has 1 aromatic carbocycles. The van der Waals surface area contributed by atoms with Gasteiger partial charge in [0.15, 0.2) is 0 Å². The third kappa shape index (κ3) is 4.95. The Labute approximate surface area is 178 Å². The van der Waals surface area contributed by atoms with E-state index in [0.29, 0.717) is 23.2 Å². The number of nitrogens with one attached hydrogen (secondary N) is 1. The van der Waals surface area contributed by atoms with E-state index in [0.717, 1.165) is 42.4 Å². The number of nitrogens with zero attached hydrogens (tertiary/aromatic N) is 4. The molecule has 9 heteroatoms. The Morgan fingerprint density at radius 2 is 2.10 bits per heavy atom. The van der Waals surface area contributed by atoms with E-state index in [1.54, 1.807) is 17.4 Å². The molecule has 1 N–H and O–H groups in total. The monoisotopic (exact) mass is 431 g/mol. The van der Waals surface area contributed by atoms with Crippen molar-refractivity contribution in [3.8, 4) is 10.7 Å². The lowest BCUT2D eigenvalue weighted by molar-refractivity contribution is -0.116. The third-order valence-corrected chi connectivity index (χ3v) is 5.95. The van der Waals surface area contributed by atoms with Crippen LogP contribution in [0.15, 0.2) is 40.2 Å². The van der Waals surface area contributed by atoms with Crippen molar-refractivity contribution in [1.82, 2.24) is 15.0 Å². The molecule has 1 amide bonds. The topological polar surface area (TPSA) is 74.5 Å². The van der Waals surface area contributed by atoms with Crippen LogP contribution in [0.25, 0.3) is 10.7 Å². The molecule has 1 aliphatic rings. The molecule has 1 fully saturated rings. The number of carbonyl (C=O) groups excluding carboxylic acids is 1. The van der Waals surface area contributed by atoms with Crippen LogP contribution >= 0.6 is 22.9 Å². The molecule has 4 rings (SSSR count). The van der Waals surface area contributed by atoms with E-state index < -0.39 is 0 Å². The molecule has 3 heterocycles. The fourth-order valence-electron chi connectivity index (χ4n) is 3.23. The number of hydrogen-bond acceptors (Lipinski definition) is 7. The average molecular weight is 432 g/mol. The van der Waals surface area contributed by atoms with E-state index in [2.05, 4.69) is 32.3 Å². The number of thiophene rings is 1. The zero-order valence-electron chi connectivity index (χ0n) is 16.1. The van der Waals surface area contributed by atoms with Crippen molar-refractivity contribution in [3.05, 3.63) is 46.6 Å². The molecule has 0 saturated carbocycles. The van der Waals surface area contributed by atoms with E-state index in [1.807, 2.05) is 29.6 Å². The van der Waals surface area contributed by atoms with Gasteiger partial charge < -0.3 is 19.6 Å². The van der Waals surface area contributed by atoms with Crippen molar-refractivity contribution in [2.45, 2.75) is 12.8 Å². The third-order valence-electron chi connectivity index (χ3n) is 4.85. The van der Waals surface area contributed by atoms with Gasteiger partial charge in [-0.25, -0.2) is 0 Å². The minimum absolute atomic E-state index is 0.112. The lowest BCUT2D eigenvalue weighted by Gasteiger charge is -2.35. The number of amides is 1. The molecule has 1 aliphatic heterocycles. The van der Waals surface area contributed by atoms with Crippen molar-refractivity contribution in [3.63, 3.8) is 0 Å². The van der Waals surface area contributed by atoms with Crippen LogP contribution in [-0.4, -0.2) is 54.2 Å². The van der Waals surface area contributed by atoms with Gasteiger partial charge in [-0.05, 0) is 36.7 Å². The van der Waals surface area contributed by atoms with Crippen LogP contribution in [0.5, 0.6) is 0 Å². The number of anilines is 2. The lowest BCUT2D eigenvalue weighted by atomic mass is 10.2. The van der Waals surface area contributed by atoms with Gasteiger partial charge in [-0.15, -0.1) is 11.3 Å². The van der Waals surface area contributed by atoms with Gasteiger partial charge in [0.1, 0.15) is 0 Å². The number of carbonyl (C=O) groups is 1. The maximum atomic E-state index is 12.6. The maximum absolute atomic E-state index is 12.6. The Bertz CT molecular complexity index is 967. The van der Waals surface area contributed by atoms with Gasteiger partial charge in [-0.1, -0.05) is 22.8 Å². The summed E-state index contributed by atoms with van der Waals surface area (Å²) in [4.78, 5) is 22.4. The number of benzene rings is 1. The first-order valence-electron chi connectivity index (χ1n) is 9.48. The zero-order chi connectivity index (χ0) is 20.2. The van der Waals surface area contributed by atoms with E-state index in [-0.39, 0.29) is 12.3 Å². The predicted molar refractivity (Wildman–Crippen MR) is 116 cm³/mol. The fourth-order valence-corrected chi connectivity index (χ4v) is 4.05. The Morgan fingerprint density at radius 3 is 2.86 bits per heavy atom. The summed E-state index contributed by atoms with van der Waals surface area (Å²) in [5.74, 6) is 0.898. The summed E-state index contributed by atoms with van der Waals surface area (Å²) in [7, 11) is 2.11. The molecule has 0 aliphatic carbocycles. The number of hydrogen-bond donors (Lipinski definition) is 1. The van der Waals surface area contributed by atoms with Gasteiger partial charge in [0.05, 0.1) is 16.3 Å². The largest absolute Gasteiger partial charge is 0.367 e. The van der Waals surface area contributed by atoms with Gasteiger partial charge in [0.25, 0.3) is 0 Å². The highest BCUT2D eigenvalue weighted by Gasteiger charge is 2.19. The summed E-state index contributed by atoms with van der Waals surface area (Å²) in [6.07, 6.45) is 0.634. The molecule has 29 heavy (non-hydrogen) atoms. The van der Waals surface area contributed by atoms with Gasteiger partial charge in [-0.2, -0.15) is 4.98 Å². The maximum Gasteiger partial charge on any atom is 0.227 e. The van der Waals surface area contributed by atoms with Gasteiger partial charge in [0.2, 0.25) is 17.6 Å². The molecule has 0 atom stereocenters. The quantitative estimate of drug-likeness (QED) is 0.640. The number of likely N-dealkylation sites (N-methyl/N-ethyl adjacent to an activating group) is 1. The number of rotatable bonds is 6. The highest BCUT2D eigenvalue weighted by molar-refractivity contribution is 7.13. The number of piperazine rings is 1. The molecule has 3 aromatic rings. The summed E-state index contributed by atoms with van der Waals surface area (Å²) >= 11 is 7.72. The van der Waals surface area contributed by atoms with Gasteiger partial charge >= 0.3 is 0 Å². The second-order valence-electron chi connectivity index (χ2n) is 6.99. The normalized spacial score (nSPS) is 14.9. The van der Waals surface area contributed by atoms with Crippen molar-refractivity contribution in [1.29, 1.82) is 0 Å². The molecule has 0 spiro atoms. The molecule has 0 bridgehead atoms. The summed E-state index contributed by atoms with van der Waals surface area (Å²) in [5.41, 5.74) is 1.73. The van der Waals surface area contributed by atoms with Gasteiger partial charge in [0, 0.05) is 44.0 Å². The SMILES string of the molecule is CN1CCN(c2ccc(Cl)cc2NC(=O)CCc2nc(-c3cccs3)no2)CC1. The molecule has 152 valence electrons. The first kappa shape index (κ1) is 19.9. The summed E-state index contributed by atoms with van der Waals surface area (Å²) < 4.78 is 5.27.